The Labute approximate surface area is 113 Å². The highest BCUT2D eigenvalue weighted by molar-refractivity contribution is 5.87. The molecule has 19 heavy (non-hydrogen) atoms. The molecule has 1 atom stereocenters. The van der Waals surface area contributed by atoms with E-state index in [2.05, 4.69) is 5.32 Å². The van der Waals surface area contributed by atoms with E-state index in [0.29, 0.717) is 12.8 Å². The molecule has 4 heteroatoms. The molecule has 0 aliphatic rings. The standard InChI is InChI=1S/C15H21NO3/c1-4-12(13(17)18)16-14(19)15(2,3)10-11-8-6-5-7-9-11/h5-9,12H,4,10H2,1-3H3,(H,16,19)(H,17,18). The summed E-state index contributed by atoms with van der Waals surface area (Å²) in [4.78, 5) is 23.1. The third-order valence-corrected chi connectivity index (χ3v) is 3.12. The van der Waals surface area contributed by atoms with Crippen LogP contribution >= 0.6 is 0 Å². The molecule has 1 aromatic rings. The Morgan fingerprint density at radius 1 is 1.26 bits per heavy atom. The van der Waals surface area contributed by atoms with E-state index >= 15 is 0 Å². The molecule has 1 unspecified atom stereocenters. The third kappa shape index (κ3) is 4.39. The zero-order chi connectivity index (χ0) is 14.5. The van der Waals surface area contributed by atoms with Gasteiger partial charge in [-0.1, -0.05) is 51.1 Å². The van der Waals surface area contributed by atoms with Crippen molar-refractivity contribution in [2.75, 3.05) is 0 Å². The lowest BCUT2D eigenvalue weighted by Crippen LogP contribution is -2.47. The zero-order valence-corrected chi connectivity index (χ0v) is 11.6. The first-order valence-electron chi connectivity index (χ1n) is 6.44. The molecule has 2 N–H and O–H groups in total. The molecule has 1 amide bonds. The number of carboxylic acid groups (broad SMARTS) is 1. The maximum absolute atomic E-state index is 12.2. The highest BCUT2D eigenvalue weighted by Crippen LogP contribution is 2.22. The van der Waals surface area contributed by atoms with Gasteiger partial charge in [-0.15, -0.1) is 0 Å². The summed E-state index contributed by atoms with van der Waals surface area (Å²) in [6, 6.07) is 8.88. The lowest BCUT2D eigenvalue weighted by Gasteiger charge is -2.25. The molecule has 0 aromatic heterocycles. The molecule has 0 aliphatic heterocycles. The molecule has 4 nitrogen and oxygen atoms in total. The predicted octanol–water partition coefficient (Wildman–Crippen LogP) is 2.23. The van der Waals surface area contributed by atoms with E-state index in [1.54, 1.807) is 6.92 Å². The second-order valence-electron chi connectivity index (χ2n) is 5.32. The number of hydrogen-bond acceptors (Lipinski definition) is 2. The molecular weight excluding hydrogens is 242 g/mol. The van der Waals surface area contributed by atoms with Crippen LogP contribution in [0.4, 0.5) is 0 Å². The number of nitrogens with one attached hydrogen (secondary N) is 1. The van der Waals surface area contributed by atoms with Gasteiger partial charge >= 0.3 is 5.97 Å². The van der Waals surface area contributed by atoms with Gasteiger partial charge in [-0.25, -0.2) is 4.79 Å². The van der Waals surface area contributed by atoms with Crippen molar-refractivity contribution >= 4 is 11.9 Å². The number of carbonyl (C=O) groups is 2. The third-order valence-electron chi connectivity index (χ3n) is 3.12. The van der Waals surface area contributed by atoms with E-state index in [1.807, 2.05) is 44.2 Å². The van der Waals surface area contributed by atoms with E-state index < -0.39 is 17.4 Å². The number of aliphatic carboxylic acids is 1. The van der Waals surface area contributed by atoms with Crippen molar-refractivity contribution in [1.82, 2.24) is 5.32 Å². The average molecular weight is 263 g/mol. The van der Waals surface area contributed by atoms with Crippen LogP contribution in [0.5, 0.6) is 0 Å². The quantitative estimate of drug-likeness (QED) is 0.827. The summed E-state index contributed by atoms with van der Waals surface area (Å²) in [7, 11) is 0. The van der Waals surface area contributed by atoms with Crippen LogP contribution in [0.1, 0.15) is 32.8 Å². The molecule has 0 bridgehead atoms. The number of carboxylic acids is 1. The fourth-order valence-corrected chi connectivity index (χ4v) is 1.88. The number of benzene rings is 1. The first-order chi connectivity index (χ1) is 8.86. The second-order valence-corrected chi connectivity index (χ2v) is 5.32. The highest BCUT2D eigenvalue weighted by atomic mass is 16.4. The SMILES string of the molecule is CCC(NC(=O)C(C)(C)Cc1ccccc1)C(=O)O. The van der Waals surface area contributed by atoms with E-state index in [-0.39, 0.29) is 5.91 Å². The van der Waals surface area contributed by atoms with E-state index in [4.69, 9.17) is 5.11 Å². The van der Waals surface area contributed by atoms with Crippen LogP contribution in [0.3, 0.4) is 0 Å². The minimum atomic E-state index is -0.994. The molecule has 1 aromatic carbocycles. The van der Waals surface area contributed by atoms with E-state index in [1.165, 1.54) is 0 Å². The largest absolute Gasteiger partial charge is 0.480 e. The molecule has 0 radical (unpaired) electrons. The number of amides is 1. The fraction of sp³-hybridized carbons (Fsp3) is 0.467. The first kappa shape index (κ1) is 15.2. The topological polar surface area (TPSA) is 66.4 Å². The fourth-order valence-electron chi connectivity index (χ4n) is 1.88. The Kier molecular flexibility index (Phi) is 5.10. The Bertz CT molecular complexity index is 440. The van der Waals surface area contributed by atoms with Gasteiger partial charge in [0.25, 0.3) is 0 Å². The van der Waals surface area contributed by atoms with Gasteiger partial charge in [0.05, 0.1) is 0 Å². The summed E-state index contributed by atoms with van der Waals surface area (Å²) in [6.45, 7) is 5.39. The summed E-state index contributed by atoms with van der Waals surface area (Å²) in [6.07, 6.45) is 0.957. The maximum atomic E-state index is 12.2. The molecule has 0 heterocycles. The van der Waals surface area contributed by atoms with Gasteiger partial charge < -0.3 is 10.4 Å². The Hall–Kier alpha value is -1.84. The lowest BCUT2D eigenvalue weighted by molar-refractivity contribution is -0.143. The van der Waals surface area contributed by atoms with Gasteiger partial charge in [0.2, 0.25) is 5.91 Å². The van der Waals surface area contributed by atoms with Crippen LogP contribution in [-0.4, -0.2) is 23.0 Å². The van der Waals surface area contributed by atoms with Crippen LogP contribution in [0.2, 0.25) is 0 Å². The van der Waals surface area contributed by atoms with Gasteiger partial charge in [0.1, 0.15) is 6.04 Å². The normalized spacial score (nSPS) is 12.8. The summed E-state index contributed by atoms with van der Waals surface area (Å²) in [5.74, 6) is -1.23. The Morgan fingerprint density at radius 3 is 2.32 bits per heavy atom. The van der Waals surface area contributed by atoms with Gasteiger partial charge in [0.15, 0.2) is 0 Å². The molecule has 0 saturated heterocycles. The molecule has 0 aliphatic carbocycles. The van der Waals surface area contributed by atoms with Crippen LogP contribution in [0.25, 0.3) is 0 Å². The molecule has 104 valence electrons. The number of rotatable bonds is 6. The van der Waals surface area contributed by atoms with Gasteiger partial charge in [0, 0.05) is 5.41 Å². The zero-order valence-electron chi connectivity index (χ0n) is 11.6. The minimum Gasteiger partial charge on any atom is -0.480 e. The van der Waals surface area contributed by atoms with E-state index in [9.17, 15) is 9.59 Å². The summed E-state index contributed by atoms with van der Waals surface area (Å²) in [5.41, 5.74) is 0.426. The highest BCUT2D eigenvalue weighted by Gasteiger charge is 2.30. The molecule has 0 fully saturated rings. The predicted molar refractivity (Wildman–Crippen MR) is 73.8 cm³/mol. The summed E-state index contributed by atoms with van der Waals surface area (Å²) in [5, 5.41) is 11.6. The van der Waals surface area contributed by atoms with Crippen molar-refractivity contribution in [3.05, 3.63) is 35.9 Å². The number of carbonyl (C=O) groups excluding carboxylic acids is 1. The summed E-state index contributed by atoms with van der Waals surface area (Å²) < 4.78 is 0. The Balaban J connectivity index is 2.71. The molecule has 1 rings (SSSR count). The lowest BCUT2D eigenvalue weighted by atomic mass is 9.84. The van der Waals surface area contributed by atoms with Gasteiger partial charge in [-0.3, -0.25) is 4.79 Å². The monoisotopic (exact) mass is 263 g/mol. The van der Waals surface area contributed by atoms with Crippen molar-refractivity contribution in [2.45, 2.75) is 39.7 Å². The maximum Gasteiger partial charge on any atom is 0.326 e. The summed E-state index contributed by atoms with van der Waals surface area (Å²) >= 11 is 0. The van der Waals surface area contributed by atoms with Crippen LogP contribution in [-0.2, 0) is 16.0 Å². The van der Waals surface area contributed by atoms with Crippen molar-refractivity contribution in [1.29, 1.82) is 0 Å². The van der Waals surface area contributed by atoms with Crippen molar-refractivity contribution in [3.63, 3.8) is 0 Å². The second kappa shape index (κ2) is 6.36. The van der Waals surface area contributed by atoms with Crippen LogP contribution in [0.15, 0.2) is 30.3 Å². The minimum absolute atomic E-state index is 0.231. The van der Waals surface area contributed by atoms with E-state index in [0.717, 1.165) is 5.56 Å². The molecule has 0 spiro atoms. The van der Waals surface area contributed by atoms with Crippen LogP contribution in [0, 0.1) is 5.41 Å². The number of hydrogen-bond donors (Lipinski definition) is 2. The smallest absolute Gasteiger partial charge is 0.326 e. The van der Waals surface area contributed by atoms with Crippen LogP contribution < -0.4 is 5.32 Å². The Morgan fingerprint density at radius 2 is 1.84 bits per heavy atom. The molecular formula is C15H21NO3. The molecule has 0 saturated carbocycles. The van der Waals surface area contributed by atoms with Crippen molar-refractivity contribution < 1.29 is 14.7 Å². The van der Waals surface area contributed by atoms with Gasteiger partial charge in [-0.05, 0) is 18.4 Å². The van der Waals surface area contributed by atoms with Crippen molar-refractivity contribution in [2.24, 2.45) is 5.41 Å². The van der Waals surface area contributed by atoms with Crippen molar-refractivity contribution in [3.8, 4) is 0 Å². The first-order valence-corrected chi connectivity index (χ1v) is 6.44. The van der Waals surface area contributed by atoms with Gasteiger partial charge in [-0.2, -0.15) is 0 Å². The average Bonchev–Trinajstić information content (AvgIpc) is 2.35.